The van der Waals surface area contributed by atoms with Crippen molar-refractivity contribution in [1.82, 2.24) is 10.0 Å². The zero-order chi connectivity index (χ0) is 27.9. The molecule has 12 heteroatoms. The van der Waals surface area contributed by atoms with Crippen LogP contribution >= 0.6 is 0 Å². The molecule has 0 spiro atoms. The maximum absolute atomic E-state index is 12.9. The van der Waals surface area contributed by atoms with Crippen molar-refractivity contribution in [1.29, 1.82) is 0 Å². The Morgan fingerprint density at radius 2 is 1.76 bits per heavy atom. The summed E-state index contributed by atoms with van der Waals surface area (Å²) < 4.78 is 33.4. The number of piperidine rings is 1. The van der Waals surface area contributed by atoms with E-state index in [0.717, 1.165) is 25.1 Å². The molecular weight excluding hydrogens is 508 g/mol. The number of benzene rings is 2. The normalized spacial score (nSPS) is 16.8. The van der Waals surface area contributed by atoms with Crippen molar-refractivity contribution in [3.8, 4) is 0 Å². The van der Waals surface area contributed by atoms with Crippen molar-refractivity contribution in [2.24, 2.45) is 16.5 Å². The first kappa shape index (κ1) is 28.9. The molecule has 0 aliphatic carbocycles. The highest BCUT2D eigenvalue weighted by Crippen LogP contribution is 2.22. The van der Waals surface area contributed by atoms with Crippen molar-refractivity contribution in [3.05, 3.63) is 60.2 Å². The van der Waals surface area contributed by atoms with Gasteiger partial charge in [-0.1, -0.05) is 18.2 Å². The molecule has 11 nitrogen and oxygen atoms in total. The quantitative estimate of drug-likeness (QED) is 0.208. The van der Waals surface area contributed by atoms with E-state index in [9.17, 15) is 18.0 Å². The van der Waals surface area contributed by atoms with Gasteiger partial charge in [-0.2, -0.15) is 4.72 Å². The number of carbonyl (C=O) groups excluding carboxylic acids is 2. The fraction of sp³-hybridized carbons (Fsp3) is 0.423. The number of aliphatic imine (C=N–C) groups is 1. The molecule has 0 aromatic heterocycles. The number of nitrogens with zero attached hydrogens (tertiary/aromatic N) is 2. The second-order valence-corrected chi connectivity index (χ2v) is 11.8. The van der Waals surface area contributed by atoms with E-state index in [2.05, 4.69) is 19.9 Å². The van der Waals surface area contributed by atoms with E-state index >= 15 is 0 Å². The van der Waals surface area contributed by atoms with Gasteiger partial charge in [-0.25, -0.2) is 13.4 Å². The number of sulfonamides is 1. The molecule has 38 heavy (non-hydrogen) atoms. The van der Waals surface area contributed by atoms with Gasteiger partial charge in [-0.05, 0) is 70.0 Å². The fourth-order valence-electron chi connectivity index (χ4n) is 4.03. The van der Waals surface area contributed by atoms with Crippen LogP contribution in [0.3, 0.4) is 0 Å². The molecule has 1 aliphatic heterocycles. The number of anilines is 1. The molecule has 1 fully saturated rings. The molecule has 206 valence electrons. The highest BCUT2D eigenvalue weighted by atomic mass is 32.2. The second-order valence-electron chi connectivity index (χ2n) is 10.1. The zero-order valence-corrected chi connectivity index (χ0v) is 22.7. The molecule has 1 saturated heterocycles. The van der Waals surface area contributed by atoms with Gasteiger partial charge in [0.15, 0.2) is 5.96 Å². The number of hydrogen-bond donors (Lipinski definition) is 4. The minimum atomic E-state index is -4.04. The first-order valence-corrected chi connectivity index (χ1v) is 13.8. The summed E-state index contributed by atoms with van der Waals surface area (Å²) in [4.78, 5) is 32.1. The van der Waals surface area contributed by atoms with Crippen LogP contribution < -0.4 is 26.4 Å². The standard InChI is InChI=1S/C26H36N6O5S/c1-26(2,3)37-24(34)22(31-38(35,36)21-9-5-4-6-10-21)16-29-23(33)18-11-13-20(14-12-18)32-15-7-8-19(17-32)30-25(27)28/h4-6,9-14,19,22,31H,7-8,15-17H2,1-3H3,(H,29,33)(H4,27,28,30). The number of esters is 1. The highest BCUT2D eigenvalue weighted by Gasteiger charge is 2.30. The van der Waals surface area contributed by atoms with Gasteiger partial charge in [0.05, 0.1) is 10.9 Å². The van der Waals surface area contributed by atoms with E-state index < -0.39 is 33.5 Å². The van der Waals surface area contributed by atoms with E-state index in [1.54, 1.807) is 51.1 Å². The number of carbonyl (C=O) groups is 2. The molecule has 0 bridgehead atoms. The molecule has 2 aromatic carbocycles. The van der Waals surface area contributed by atoms with Crippen molar-refractivity contribution in [3.63, 3.8) is 0 Å². The molecule has 0 saturated carbocycles. The molecule has 3 rings (SSSR count). The Morgan fingerprint density at radius 1 is 1.11 bits per heavy atom. The van der Waals surface area contributed by atoms with Crippen LogP contribution in [-0.4, -0.2) is 63.6 Å². The average Bonchev–Trinajstić information content (AvgIpc) is 2.85. The summed E-state index contributed by atoms with van der Waals surface area (Å²) in [7, 11) is -4.04. The van der Waals surface area contributed by atoms with Crippen LogP contribution in [0.1, 0.15) is 44.0 Å². The lowest BCUT2D eigenvalue weighted by atomic mass is 10.0. The van der Waals surface area contributed by atoms with Crippen molar-refractivity contribution >= 4 is 33.5 Å². The summed E-state index contributed by atoms with van der Waals surface area (Å²) in [6, 6.07) is 13.4. The molecule has 1 amide bonds. The Hall–Kier alpha value is -3.64. The topological polar surface area (TPSA) is 169 Å². The lowest BCUT2D eigenvalue weighted by Gasteiger charge is -2.32. The largest absolute Gasteiger partial charge is 0.459 e. The highest BCUT2D eigenvalue weighted by molar-refractivity contribution is 7.89. The molecule has 1 heterocycles. The summed E-state index contributed by atoms with van der Waals surface area (Å²) >= 11 is 0. The van der Waals surface area contributed by atoms with Crippen LogP contribution in [0, 0.1) is 0 Å². The van der Waals surface area contributed by atoms with E-state index in [0.29, 0.717) is 12.1 Å². The third-order valence-corrected chi connectivity index (χ3v) is 7.22. The summed E-state index contributed by atoms with van der Waals surface area (Å²) in [6.45, 7) is 6.25. The van der Waals surface area contributed by atoms with E-state index in [1.165, 1.54) is 12.1 Å². The Bertz CT molecular complexity index is 1240. The second kappa shape index (κ2) is 12.3. The molecule has 6 N–H and O–H groups in total. The monoisotopic (exact) mass is 544 g/mol. The summed E-state index contributed by atoms with van der Waals surface area (Å²) in [6.07, 6.45) is 1.84. The average molecular weight is 545 g/mol. The van der Waals surface area contributed by atoms with E-state index in [1.807, 2.05) is 12.1 Å². The Labute approximate surface area is 223 Å². The smallest absolute Gasteiger partial charge is 0.326 e. The van der Waals surface area contributed by atoms with Gasteiger partial charge < -0.3 is 26.4 Å². The van der Waals surface area contributed by atoms with Gasteiger partial charge in [-0.3, -0.25) is 9.59 Å². The predicted octanol–water partition coefficient (Wildman–Crippen LogP) is 1.35. The first-order valence-electron chi connectivity index (χ1n) is 12.4. The summed E-state index contributed by atoms with van der Waals surface area (Å²) in [5.74, 6) is -1.19. The first-order chi connectivity index (χ1) is 17.8. The van der Waals surface area contributed by atoms with Gasteiger partial charge >= 0.3 is 5.97 Å². The summed E-state index contributed by atoms with van der Waals surface area (Å²) in [5.41, 5.74) is 11.5. The van der Waals surface area contributed by atoms with Crippen molar-refractivity contribution < 1.29 is 22.7 Å². The minimum absolute atomic E-state index is 0.00438. The van der Waals surface area contributed by atoms with Crippen LogP contribution in [-0.2, 0) is 19.6 Å². The maximum Gasteiger partial charge on any atom is 0.326 e. The van der Waals surface area contributed by atoms with Gasteiger partial charge in [0.1, 0.15) is 11.6 Å². The van der Waals surface area contributed by atoms with Crippen LogP contribution in [0.5, 0.6) is 0 Å². The van der Waals surface area contributed by atoms with Crippen molar-refractivity contribution in [2.75, 3.05) is 24.5 Å². The number of nitrogens with two attached hydrogens (primary N) is 2. The van der Waals surface area contributed by atoms with Crippen LogP contribution in [0.4, 0.5) is 5.69 Å². The Kier molecular flexibility index (Phi) is 9.34. The third-order valence-electron chi connectivity index (χ3n) is 5.73. The SMILES string of the molecule is CC(C)(C)OC(=O)C(CNC(=O)c1ccc(N2CCCC(N=C(N)N)C2)cc1)NS(=O)(=O)c1ccccc1. The van der Waals surface area contributed by atoms with Gasteiger partial charge in [-0.15, -0.1) is 0 Å². The number of amides is 1. The van der Waals surface area contributed by atoms with Gasteiger partial charge in [0.25, 0.3) is 5.91 Å². The van der Waals surface area contributed by atoms with E-state index in [-0.39, 0.29) is 23.4 Å². The van der Waals surface area contributed by atoms with Gasteiger partial charge in [0.2, 0.25) is 10.0 Å². The minimum Gasteiger partial charge on any atom is -0.459 e. The lowest BCUT2D eigenvalue weighted by molar-refractivity contribution is -0.156. The van der Waals surface area contributed by atoms with Gasteiger partial charge in [0, 0.05) is 30.9 Å². The predicted molar refractivity (Wildman–Crippen MR) is 146 cm³/mol. The molecule has 2 aromatic rings. The Morgan fingerprint density at radius 3 is 2.37 bits per heavy atom. The Balaban J connectivity index is 1.68. The zero-order valence-electron chi connectivity index (χ0n) is 21.9. The molecule has 1 aliphatic rings. The number of ether oxygens (including phenoxy) is 1. The molecule has 0 radical (unpaired) electrons. The lowest BCUT2D eigenvalue weighted by Crippen LogP contribution is -2.50. The number of nitrogens with one attached hydrogen (secondary N) is 2. The number of hydrogen-bond acceptors (Lipinski definition) is 7. The fourth-order valence-corrected chi connectivity index (χ4v) is 5.23. The molecule has 2 atom stereocenters. The maximum atomic E-state index is 12.9. The van der Waals surface area contributed by atoms with Crippen LogP contribution in [0.25, 0.3) is 0 Å². The number of rotatable bonds is 9. The van der Waals surface area contributed by atoms with Crippen LogP contribution in [0.2, 0.25) is 0 Å². The molecule has 2 unspecified atom stereocenters. The summed E-state index contributed by atoms with van der Waals surface area (Å²) in [5, 5.41) is 2.64. The van der Waals surface area contributed by atoms with Crippen LogP contribution in [0.15, 0.2) is 64.5 Å². The van der Waals surface area contributed by atoms with E-state index in [4.69, 9.17) is 16.2 Å². The third kappa shape index (κ3) is 8.45. The van der Waals surface area contributed by atoms with Crippen molar-refractivity contribution in [2.45, 2.75) is 56.2 Å². The number of guanidine groups is 1. The molecular formula is C26H36N6O5S.